The monoisotopic (exact) mass is 175 g/mol. The van der Waals surface area contributed by atoms with Crippen molar-refractivity contribution >= 4 is 17.7 Å². The van der Waals surface area contributed by atoms with Crippen molar-refractivity contribution < 1.29 is 9.53 Å². The number of carbonyl (C=O) groups excluding carboxylic acids is 1. The molecule has 1 aliphatic heterocycles. The molecule has 0 aliphatic carbocycles. The van der Waals surface area contributed by atoms with Crippen molar-refractivity contribution in [3.05, 3.63) is 0 Å². The second-order valence-corrected chi connectivity index (χ2v) is 4.24. The number of carbonyl (C=O) groups is 1. The van der Waals surface area contributed by atoms with E-state index in [9.17, 15) is 4.79 Å². The fraction of sp³-hybridized carbons (Fsp3) is 0.857. The maximum absolute atomic E-state index is 11.2. The fourth-order valence-corrected chi connectivity index (χ4v) is 2.54. The van der Waals surface area contributed by atoms with Gasteiger partial charge in [0.15, 0.2) is 0 Å². The zero-order valence-corrected chi connectivity index (χ0v) is 7.61. The molecular formula is C7H13NO2S. The number of rotatable bonds is 1. The van der Waals surface area contributed by atoms with Gasteiger partial charge < -0.3 is 10.5 Å². The highest BCUT2D eigenvalue weighted by Crippen LogP contribution is 2.34. The number of thioether (sulfide) groups is 1. The molecule has 0 bridgehead atoms. The van der Waals surface area contributed by atoms with E-state index in [0.29, 0.717) is 0 Å². The summed E-state index contributed by atoms with van der Waals surface area (Å²) in [5.41, 5.74) is 5.12. The first-order valence-corrected chi connectivity index (χ1v) is 4.65. The van der Waals surface area contributed by atoms with Crippen LogP contribution in [0.25, 0.3) is 0 Å². The largest absolute Gasteiger partial charge is 0.468 e. The summed E-state index contributed by atoms with van der Waals surface area (Å²) in [5, 5.41) is 0.176. The summed E-state index contributed by atoms with van der Waals surface area (Å²) >= 11 is 1.72. The van der Waals surface area contributed by atoms with Crippen molar-refractivity contribution in [1.82, 2.24) is 0 Å². The van der Waals surface area contributed by atoms with Gasteiger partial charge in [-0.05, 0) is 12.2 Å². The highest BCUT2D eigenvalue weighted by molar-refractivity contribution is 8.00. The first-order valence-electron chi connectivity index (χ1n) is 3.60. The molecule has 64 valence electrons. The van der Waals surface area contributed by atoms with Crippen LogP contribution in [-0.2, 0) is 9.53 Å². The highest BCUT2D eigenvalue weighted by atomic mass is 32.2. The van der Waals surface area contributed by atoms with Gasteiger partial charge in [0.2, 0.25) is 0 Å². The van der Waals surface area contributed by atoms with Gasteiger partial charge in [0, 0.05) is 5.25 Å². The number of hydrogen-bond donors (Lipinski definition) is 1. The molecule has 4 heteroatoms. The molecule has 0 saturated carbocycles. The van der Waals surface area contributed by atoms with Crippen molar-refractivity contribution in [1.29, 1.82) is 0 Å². The number of methoxy groups -OCH3 is 1. The van der Waals surface area contributed by atoms with Crippen molar-refractivity contribution in [3.63, 3.8) is 0 Å². The summed E-state index contributed by atoms with van der Waals surface area (Å²) in [4.78, 5) is 11.2. The SMILES string of the molecule is COC(=O)C1(N)CCSC1C. The van der Waals surface area contributed by atoms with Crippen LogP contribution in [0, 0.1) is 0 Å². The summed E-state index contributed by atoms with van der Waals surface area (Å²) in [6.07, 6.45) is 0.728. The Bertz CT molecular complexity index is 174. The minimum atomic E-state index is -0.737. The minimum Gasteiger partial charge on any atom is -0.468 e. The molecule has 1 heterocycles. The molecule has 1 aliphatic rings. The van der Waals surface area contributed by atoms with Crippen molar-refractivity contribution in [2.24, 2.45) is 5.73 Å². The van der Waals surface area contributed by atoms with Crippen LogP contribution >= 0.6 is 11.8 Å². The molecular weight excluding hydrogens is 162 g/mol. The molecule has 11 heavy (non-hydrogen) atoms. The predicted octanol–water partition coefficient (Wildman–Crippen LogP) is 0.382. The van der Waals surface area contributed by atoms with Gasteiger partial charge in [-0.25, -0.2) is 0 Å². The lowest BCUT2D eigenvalue weighted by Crippen LogP contribution is -2.52. The van der Waals surface area contributed by atoms with Gasteiger partial charge in [0.25, 0.3) is 0 Å². The van der Waals surface area contributed by atoms with Crippen LogP contribution in [0.2, 0.25) is 0 Å². The summed E-state index contributed by atoms with van der Waals surface area (Å²) in [6, 6.07) is 0. The minimum absolute atomic E-state index is 0.176. The molecule has 1 rings (SSSR count). The smallest absolute Gasteiger partial charge is 0.327 e. The number of hydrogen-bond acceptors (Lipinski definition) is 4. The van der Waals surface area contributed by atoms with E-state index < -0.39 is 5.54 Å². The molecule has 1 saturated heterocycles. The molecule has 0 aromatic heterocycles. The molecule has 0 radical (unpaired) electrons. The first-order chi connectivity index (χ1) is 5.11. The zero-order chi connectivity index (χ0) is 8.48. The van der Waals surface area contributed by atoms with Crippen molar-refractivity contribution in [2.45, 2.75) is 24.1 Å². The molecule has 2 N–H and O–H groups in total. The summed E-state index contributed by atoms with van der Waals surface area (Å²) in [7, 11) is 1.38. The molecule has 0 aromatic carbocycles. The van der Waals surface area contributed by atoms with E-state index in [1.165, 1.54) is 7.11 Å². The lowest BCUT2D eigenvalue weighted by Gasteiger charge is -2.24. The van der Waals surface area contributed by atoms with Crippen LogP contribution in [-0.4, -0.2) is 29.6 Å². The maximum atomic E-state index is 11.2. The van der Waals surface area contributed by atoms with Gasteiger partial charge in [-0.15, -0.1) is 0 Å². The Morgan fingerprint density at radius 2 is 2.45 bits per heavy atom. The van der Waals surface area contributed by atoms with Gasteiger partial charge >= 0.3 is 5.97 Å². The second kappa shape index (κ2) is 3.03. The molecule has 3 nitrogen and oxygen atoms in total. The van der Waals surface area contributed by atoms with Crippen LogP contribution in [0.15, 0.2) is 0 Å². The van der Waals surface area contributed by atoms with Crippen LogP contribution in [0.5, 0.6) is 0 Å². The van der Waals surface area contributed by atoms with E-state index in [2.05, 4.69) is 4.74 Å². The van der Waals surface area contributed by atoms with Gasteiger partial charge in [-0.3, -0.25) is 4.79 Å². The number of nitrogens with two attached hydrogens (primary N) is 1. The molecule has 0 aromatic rings. The van der Waals surface area contributed by atoms with E-state index in [0.717, 1.165) is 12.2 Å². The average molecular weight is 175 g/mol. The predicted molar refractivity (Wildman–Crippen MR) is 45.5 cm³/mol. The summed E-state index contributed by atoms with van der Waals surface area (Å²) in [6.45, 7) is 1.97. The summed E-state index contributed by atoms with van der Waals surface area (Å²) in [5.74, 6) is 0.669. The lowest BCUT2D eigenvalue weighted by molar-refractivity contribution is -0.146. The highest BCUT2D eigenvalue weighted by Gasteiger charge is 2.44. The van der Waals surface area contributed by atoms with E-state index in [1.54, 1.807) is 11.8 Å². The van der Waals surface area contributed by atoms with E-state index in [1.807, 2.05) is 6.92 Å². The number of ether oxygens (including phenoxy) is 1. The quantitative estimate of drug-likeness (QED) is 0.585. The Morgan fingerprint density at radius 3 is 2.82 bits per heavy atom. The zero-order valence-electron chi connectivity index (χ0n) is 6.79. The second-order valence-electron chi connectivity index (χ2n) is 2.79. The Balaban J connectivity index is 2.72. The molecule has 0 spiro atoms. The van der Waals surface area contributed by atoms with E-state index >= 15 is 0 Å². The molecule has 0 amide bonds. The summed E-state index contributed by atoms with van der Waals surface area (Å²) < 4.78 is 4.63. The van der Waals surface area contributed by atoms with Crippen LogP contribution in [0.3, 0.4) is 0 Å². The first kappa shape index (κ1) is 8.87. The van der Waals surface area contributed by atoms with Gasteiger partial charge in [0.1, 0.15) is 5.54 Å². The van der Waals surface area contributed by atoms with Crippen LogP contribution in [0.4, 0.5) is 0 Å². The Hall–Kier alpha value is -0.220. The fourth-order valence-electron chi connectivity index (χ4n) is 1.21. The van der Waals surface area contributed by atoms with E-state index in [-0.39, 0.29) is 11.2 Å². The van der Waals surface area contributed by atoms with Crippen LogP contribution < -0.4 is 5.73 Å². The third-order valence-electron chi connectivity index (χ3n) is 2.17. The van der Waals surface area contributed by atoms with Gasteiger partial charge in [0.05, 0.1) is 7.11 Å². The Labute approximate surface area is 70.7 Å². The third kappa shape index (κ3) is 1.37. The molecule has 2 unspecified atom stereocenters. The van der Waals surface area contributed by atoms with E-state index in [4.69, 9.17) is 5.73 Å². The standard InChI is InChI=1S/C7H13NO2S/c1-5-7(8,3-4-11-5)6(9)10-2/h5H,3-4,8H2,1-2H3. The maximum Gasteiger partial charge on any atom is 0.327 e. The van der Waals surface area contributed by atoms with Crippen LogP contribution in [0.1, 0.15) is 13.3 Å². The van der Waals surface area contributed by atoms with Gasteiger partial charge in [-0.1, -0.05) is 6.92 Å². The third-order valence-corrected chi connectivity index (χ3v) is 3.53. The van der Waals surface area contributed by atoms with Crippen molar-refractivity contribution in [2.75, 3.05) is 12.9 Å². The average Bonchev–Trinajstić information content (AvgIpc) is 2.32. The Morgan fingerprint density at radius 1 is 1.82 bits per heavy atom. The molecule has 1 fully saturated rings. The lowest BCUT2D eigenvalue weighted by atomic mass is 9.94. The Kier molecular flexibility index (Phi) is 2.44. The topological polar surface area (TPSA) is 52.3 Å². The molecule has 2 atom stereocenters. The van der Waals surface area contributed by atoms with Gasteiger partial charge in [-0.2, -0.15) is 11.8 Å². The van der Waals surface area contributed by atoms with Crippen molar-refractivity contribution in [3.8, 4) is 0 Å². The number of esters is 1. The normalized spacial score (nSPS) is 37.2.